The highest BCUT2D eigenvalue weighted by Gasteiger charge is 2.22. The molecule has 19 heavy (non-hydrogen) atoms. The summed E-state index contributed by atoms with van der Waals surface area (Å²) in [6.45, 7) is 1.72. The van der Waals surface area contributed by atoms with Crippen molar-refractivity contribution in [1.29, 1.82) is 5.26 Å². The molecule has 0 heterocycles. The lowest BCUT2D eigenvalue weighted by Crippen LogP contribution is -2.05. The number of hydrogen-bond acceptors (Lipinski definition) is 3. The maximum absolute atomic E-state index is 12.5. The Kier molecular flexibility index (Phi) is 3.74. The minimum absolute atomic E-state index is 0.0492. The highest BCUT2D eigenvalue weighted by molar-refractivity contribution is 9.10. The summed E-state index contributed by atoms with van der Waals surface area (Å²) in [6.07, 6.45) is 0. The summed E-state index contributed by atoms with van der Waals surface area (Å²) < 4.78 is 25.8. The van der Waals surface area contributed by atoms with Crippen molar-refractivity contribution in [3.63, 3.8) is 0 Å². The first kappa shape index (κ1) is 13.8. The van der Waals surface area contributed by atoms with E-state index in [9.17, 15) is 8.42 Å². The van der Waals surface area contributed by atoms with Gasteiger partial charge in [-0.05, 0) is 36.8 Å². The number of rotatable bonds is 2. The average Bonchev–Trinajstić information content (AvgIpc) is 2.38. The van der Waals surface area contributed by atoms with E-state index in [1.54, 1.807) is 31.2 Å². The first-order valence-electron chi connectivity index (χ1n) is 5.47. The third kappa shape index (κ3) is 2.55. The van der Waals surface area contributed by atoms with Gasteiger partial charge >= 0.3 is 0 Å². The molecule has 0 aliphatic heterocycles. The van der Waals surface area contributed by atoms with Gasteiger partial charge in [0.25, 0.3) is 0 Å². The topological polar surface area (TPSA) is 57.9 Å². The Balaban J connectivity index is 2.72. The molecule has 0 bridgehead atoms. The van der Waals surface area contributed by atoms with E-state index in [2.05, 4.69) is 15.9 Å². The lowest BCUT2D eigenvalue weighted by Gasteiger charge is -2.08. The van der Waals surface area contributed by atoms with Gasteiger partial charge in [0.1, 0.15) is 6.07 Å². The summed E-state index contributed by atoms with van der Waals surface area (Å²) >= 11 is 3.25. The number of sulfone groups is 1. The molecule has 0 saturated carbocycles. The molecule has 2 rings (SSSR count). The van der Waals surface area contributed by atoms with Crippen molar-refractivity contribution in [2.45, 2.75) is 16.7 Å². The minimum Gasteiger partial charge on any atom is -0.218 e. The fraction of sp³-hybridized carbons (Fsp3) is 0.0714. The van der Waals surface area contributed by atoms with E-state index < -0.39 is 9.84 Å². The van der Waals surface area contributed by atoms with E-state index in [4.69, 9.17) is 5.26 Å². The van der Waals surface area contributed by atoms with Gasteiger partial charge in [0.05, 0.1) is 15.4 Å². The molecule has 2 aromatic rings. The molecule has 96 valence electrons. The van der Waals surface area contributed by atoms with E-state index in [-0.39, 0.29) is 15.4 Å². The van der Waals surface area contributed by atoms with Crippen molar-refractivity contribution in [2.24, 2.45) is 0 Å². The summed E-state index contributed by atoms with van der Waals surface area (Å²) in [5, 5.41) is 9.14. The molecule has 0 aliphatic rings. The molecule has 2 aromatic carbocycles. The molecular formula is C14H10BrNO2S. The number of nitriles is 1. The van der Waals surface area contributed by atoms with E-state index in [0.717, 1.165) is 0 Å². The average molecular weight is 336 g/mol. The van der Waals surface area contributed by atoms with Gasteiger partial charge in [-0.15, -0.1) is 0 Å². The zero-order chi connectivity index (χ0) is 14.0. The first-order chi connectivity index (χ1) is 8.96. The third-order valence-electron chi connectivity index (χ3n) is 2.74. The Labute approximate surface area is 120 Å². The van der Waals surface area contributed by atoms with Gasteiger partial charge in [0, 0.05) is 4.47 Å². The Bertz CT molecular complexity index is 776. The monoisotopic (exact) mass is 335 g/mol. The van der Waals surface area contributed by atoms with Crippen LogP contribution >= 0.6 is 15.9 Å². The van der Waals surface area contributed by atoms with Crippen LogP contribution in [0.5, 0.6) is 0 Å². The molecule has 0 unspecified atom stereocenters. The quantitative estimate of drug-likeness (QED) is 0.844. The Morgan fingerprint density at radius 2 is 1.84 bits per heavy atom. The van der Waals surface area contributed by atoms with Gasteiger partial charge in [-0.3, -0.25) is 0 Å². The summed E-state index contributed by atoms with van der Waals surface area (Å²) in [5.74, 6) is 0. The van der Waals surface area contributed by atoms with Crippen LogP contribution in [0.4, 0.5) is 0 Å². The van der Waals surface area contributed by atoms with Crippen LogP contribution in [0.3, 0.4) is 0 Å². The molecule has 0 amide bonds. The van der Waals surface area contributed by atoms with E-state index in [0.29, 0.717) is 10.0 Å². The van der Waals surface area contributed by atoms with Gasteiger partial charge in [0.15, 0.2) is 0 Å². The molecule has 0 radical (unpaired) electrons. The summed E-state index contributed by atoms with van der Waals surface area (Å²) in [4.78, 5) is 0.220. The van der Waals surface area contributed by atoms with E-state index >= 15 is 0 Å². The third-order valence-corrected chi connectivity index (χ3v) is 5.03. The second-order valence-electron chi connectivity index (χ2n) is 4.02. The second kappa shape index (κ2) is 5.16. The van der Waals surface area contributed by atoms with Crippen molar-refractivity contribution < 1.29 is 8.42 Å². The highest BCUT2D eigenvalue weighted by atomic mass is 79.9. The largest absolute Gasteiger partial charge is 0.218 e. The molecule has 5 heteroatoms. The minimum atomic E-state index is -3.68. The lowest BCUT2D eigenvalue weighted by molar-refractivity contribution is 0.595. The van der Waals surface area contributed by atoms with Crippen LogP contribution in [-0.4, -0.2) is 8.42 Å². The zero-order valence-corrected chi connectivity index (χ0v) is 12.5. The lowest BCUT2D eigenvalue weighted by atomic mass is 10.1. The number of hydrogen-bond donors (Lipinski definition) is 0. The van der Waals surface area contributed by atoms with Gasteiger partial charge in [-0.25, -0.2) is 8.42 Å². The van der Waals surface area contributed by atoms with Crippen LogP contribution in [0.1, 0.15) is 11.1 Å². The van der Waals surface area contributed by atoms with Crippen LogP contribution in [0.15, 0.2) is 56.7 Å². The molecule has 0 spiro atoms. The van der Waals surface area contributed by atoms with Crippen LogP contribution in [0, 0.1) is 18.3 Å². The molecule has 0 N–H and O–H groups in total. The number of halogens is 1. The number of nitrogens with zero attached hydrogens (tertiary/aromatic N) is 1. The standard InChI is InChI=1S/C14H10BrNO2S/c1-10-4-2-7-14(13(10)9-16)19(17,18)12-6-3-5-11(15)8-12/h2-8H,1H3. The molecule has 0 aliphatic carbocycles. The van der Waals surface area contributed by atoms with Crippen molar-refractivity contribution in [1.82, 2.24) is 0 Å². The summed E-state index contributed by atoms with van der Waals surface area (Å²) in [5.41, 5.74) is 0.848. The normalized spacial score (nSPS) is 11.0. The van der Waals surface area contributed by atoms with Crippen LogP contribution in [0.25, 0.3) is 0 Å². The Hall–Kier alpha value is -1.64. The summed E-state index contributed by atoms with van der Waals surface area (Å²) in [6, 6.07) is 13.2. The van der Waals surface area contributed by atoms with Crippen molar-refractivity contribution in [2.75, 3.05) is 0 Å². The Morgan fingerprint density at radius 3 is 2.47 bits per heavy atom. The van der Waals surface area contributed by atoms with Crippen LogP contribution in [0.2, 0.25) is 0 Å². The predicted molar refractivity (Wildman–Crippen MR) is 75.5 cm³/mol. The zero-order valence-electron chi connectivity index (χ0n) is 10.1. The summed E-state index contributed by atoms with van der Waals surface area (Å²) in [7, 11) is -3.68. The number of benzene rings is 2. The smallest absolute Gasteiger partial charge is 0.207 e. The Morgan fingerprint density at radius 1 is 1.16 bits per heavy atom. The van der Waals surface area contributed by atoms with Crippen molar-refractivity contribution >= 4 is 25.8 Å². The number of aryl methyl sites for hydroxylation is 1. The fourth-order valence-electron chi connectivity index (χ4n) is 1.77. The van der Waals surface area contributed by atoms with Crippen molar-refractivity contribution in [3.8, 4) is 6.07 Å². The molecule has 3 nitrogen and oxygen atoms in total. The van der Waals surface area contributed by atoms with Crippen LogP contribution in [-0.2, 0) is 9.84 Å². The fourth-order valence-corrected chi connectivity index (χ4v) is 3.85. The molecular weight excluding hydrogens is 326 g/mol. The molecule has 0 saturated heterocycles. The SMILES string of the molecule is Cc1cccc(S(=O)(=O)c2cccc(Br)c2)c1C#N. The van der Waals surface area contributed by atoms with Gasteiger partial charge in [-0.1, -0.05) is 34.1 Å². The van der Waals surface area contributed by atoms with Gasteiger partial charge in [0.2, 0.25) is 9.84 Å². The molecule has 0 atom stereocenters. The maximum atomic E-state index is 12.5. The molecule has 0 fully saturated rings. The highest BCUT2D eigenvalue weighted by Crippen LogP contribution is 2.27. The van der Waals surface area contributed by atoms with Gasteiger partial charge < -0.3 is 0 Å². The second-order valence-corrected chi connectivity index (χ2v) is 6.85. The first-order valence-corrected chi connectivity index (χ1v) is 7.75. The maximum Gasteiger partial charge on any atom is 0.207 e. The van der Waals surface area contributed by atoms with E-state index in [1.165, 1.54) is 18.2 Å². The van der Waals surface area contributed by atoms with E-state index in [1.807, 2.05) is 6.07 Å². The molecule has 0 aromatic heterocycles. The van der Waals surface area contributed by atoms with Gasteiger partial charge in [-0.2, -0.15) is 5.26 Å². The van der Waals surface area contributed by atoms with Crippen LogP contribution < -0.4 is 0 Å². The predicted octanol–water partition coefficient (Wildman–Crippen LogP) is 3.46. The van der Waals surface area contributed by atoms with Crippen molar-refractivity contribution in [3.05, 3.63) is 58.1 Å².